The summed E-state index contributed by atoms with van der Waals surface area (Å²) in [6, 6.07) is 12.7. The Morgan fingerprint density at radius 2 is 1.86 bits per heavy atom. The SMILES string of the molecule is C/C=C(/c1ccnc(Nc2cc(N)c(N(C)CCN(C)C)cc2OC(F)F)n1)c1ccccc1NC. The summed E-state index contributed by atoms with van der Waals surface area (Å²) in [4.78, 5) is 12.8. The van der Waals surface area contributed by atoms with Crippen LogP contribution in [0.15, 0.2) is 54.7 Å². The number of nitrogen functional groups attached to an aromatic ring is 1. The van der Waals surface area contributed by atoms with E-state index in [1.165, 1.54) is 6.07 Å². The lowest BCUT2D eigenvalue weighted by atomic mass is 10.0. The molecule has 2 aromatic carbocycles. The van der Waals surface area contributed by atoms with Gasteiger partial charge in [0.25, 0.3) is 0 Å². The molecule has 0 aliphatic rings. The van der Waals surface area contributed by atoms with E-state index in [-0.39, 0.29) is 17.4 Å². The number of nitrogens with one attached hydrogen (secondary N) is 2. The zero-order valence-electron chi connectivity index (χ0n) is 21.2. The van der Waals surface area contributed by atoms with Gasteiger partial charge in [-0.05, 0) is 39.2 Å². The minimum atomic E-state index is -3.01. The first-order valence-electron chi connectivity index (χ1n) is 11.5. The number of likely N-dealkylation sites (N-methyl/N-ethyl adjacent to an activating group) is 2. The average molecular weight is 498 g/mol. The van der Waals surface area contributed by atoms with Crippen LogP contribution in [0.5, 0.6) is 5.75 Å². The van der Waals surface area contributed by atoms with Crippen LogP contribution in [0.3, 0.4) is 0 Å². The van der Waals surface area contributed by atoms with Gasteiger partial charge in [0.2, 0.25) is 5.95 Å². The molecule has 0 aliphatic carbocycles. The zero-order chi connectivity index (χ0) is 26.2. The molecule has 0 unspecified atom stereocenters. The van der Waals surface area contributed by atoms with Crippen LogP contribution in [0.25, 0.3) is 5.57 Å². The van der Waals surface area contributed by atoms with Crippen LogP contribution in [0.1, 0.15) is 18.2 Å². The highest BCUT2D eigenvalue weighted by atomic mass is 19.3. The highest BCUT2D eigenvalue weighted by Crippen LogP contribution is 2.37. The third kappa shape index (κ3) is 6.60. The van der Waals surface area contributed by atoms with Crippen molar-refractivity contribution < 1.29 is 13.5 Å². The van der Waals surface area contributed by atoms with E-state index >= 15 is 0 Å². The van der Waals surface area contributed by atoms with Crippen molar-refractivity contribution in [3.63, 3.8) is 0 Å². The van der Waals surface area contributed by atoms with Crippen LogP contribution >= 0.6 is 0 Å². The van der Waals surface area contributed by atoms with Crippen LogP contribution in [0.2, 0.25) is 0 Å². The maximum absolute atomic E-state index is 13.3. The van der Waals surface area contributed by atoms with E-state index in [1.807, 2.05) is 75.3 Å². The number of rotatable bonds is 11. The molecule has 0 amide bonds. The van der Waals surface area contributed by atoms with Crippen LogP contribution in [0.4, 0.5) is 37.5 Å². The van der Waals surface area contributed by atoms with E-state index < -0.39 is 6.61 Å². The van der Waals surface area contributed by atoms with Gasteiger partial charge in [0.05, 0.1) is 22.8 Å². The number of anilines is 5. The number of hydrogen-bond acceptors (Lipinski definition) is 8. The lowest BCUT2D eigenvalue weighted by Gasteiger charge is -2.24. The maximum Gasteiger partial charge on any atom is 0.387 e. The average Bonchev–Trinajstić information content (AvgIpc) is 2.85. The van der Waals surface area contributed by atoms with E-state index in [0.29, 0.717) is 23.6 Å². The third-order valence-electron chi connectivity index (χ3n) is 5.59. The molecule has 8 nitrogen and oxygen atoms in total. The smallest absolute Gasteiger partial charge is 0.387 e. The summed E-state index contributed by atoms with van der Waals surface area (Å²) >= 11 is 0. The van der Waals surface area contributed by atoms with Gasteiger partial charge in [-0.1, -0.05) is 24.3 Å². The number of para-hydroxylation sites is 1. The molecule has 36 heavy (non-hydrogen) atoms. The molecule has 10 heteroatoms. The van der Waals surface area contributed by atoms with Crippen LogP contribution < -0.4 is 26.0 Å². The monoisotopic (exact) mass is 497 g/mol. The standard InChI is InChI=1S/C26H33F2N7O/c1-6-17(18-9-7-8-10-20(18)30-2)21-11-12-31-26(32-21)33-22-15-19(29)23(16-24(22)36-25(27)28)35(5)14-13-34(3)4/h6-12,15-16,25,30H,13-14,29H2,1-5H3,(H,31,32,33)/b17-6+. The number of hydrogen-bond donors (Lipinski definition) is 3. The molecule has 4 N–H and O–H groups in total. The number of nitrogens with two attached hydrogens (primary N) is 1. The van der Waals surface area contributed by atoms with Crippen molar-refractivity contribution in [2.45, 2.75) is 13.5 Å². The Labute approximate surface area is 210 Å². The fourth-order valence-corrected chi connectivity index (χ4v) is 3.74. The third-order valence-corrected chi connectivity index (χ3v) is 5.59. The molecule has 192 valence electrons. The van der Waals surface area contributed by atoms with E-state index in [9.17, 15) is 8.78 Å². The predicted molar refractivity (Wildman–Crippen MR) is 143 cm³/mol. The van der Waals surface area contributed by atoms with Crippen molar-refractivity contribution in [3.05, 3.63) is 66.0 Å². The highest BCUT2D eigenvalue weighted by molar-refractivity contribution is 5.85. The second kappa shape index (κ2) is 12.2. The number of ether oxygens (including phenoxy) is 1. The van der Waals surface area contributed by atoms with E-state index in [2.05, 4.69) is 20.6 Å². The fourth-order valence-electron chi connectivity index (χ4n) is 3.74. The van der Waals surface area contributed by atoms with Crippen molar-refractivity contribution >= 4 is 34.3 Å². The number of nitrogens with zero attached hydrogens (tertiary/aromatic N) is 4. The Balaban J connectivity index is 1.95. The second-order valence-electron chi connectivity index (χ2n) is 8.40. The number of allylic oxidation sites excluding steroid dienone is 1. The normalized spacial score (nSPS) is 11.6. The summed E-state index contributed by atoms with van der Waals surface area (Å²) < 4.78 is 31.3. The van der Waals surface area contributed by atoms with Crippen molar-refractivity contribution in [3.8, 4) is 5.75 Å². The Hall–Kier alpha value is -3.92. The molecule has 0 atom stereocenters. The van der Waals surface area contributed by atoms with E-state index in [1.54, 1.807) is 18.3 Å². The number of aromatic nitrogens is 2. The van der Waals surface area contributed by atoms with Crippen molar-refractivity contribution in [1.29, 1.82) is 0 Å². The molecular weight excluding hydrogens is 464 g/mol. The highest BCUT2D eigenvalue weighted by Gasteiger charge is 2.18. The molecule has 0 radical (unpaired) electrons. The summed E-state index contributed by atoms with van der Waals surface area (Å²) in [5.74, 6) is 0.174. The molecule has 0 aliphatic heterocycles. The molecule has 0 spiro atoms. The molecule has 0 saturated heterocycles. The van der Waals surface area contributed by atoms with Gasteiger partial charge in [0.15, 0.2) is 5.75 Å². The number of benzene rings is 2. The molecule has 1 heterocycles. The fraction of sp³-hybridized carbons (Fsp3) is 0.308. The summed E-state index contributed by atoms with van der Waals surface area (Å²) in [5, 5.41) is 6.19. The van der Waals surface area contributed by atoms with E-state index in [4.69, 9.17) is 10.5 Å². The number of alkyl halides is 2. The van der Waals surface area contributed by atoms with Gasteiger partial charge in [-0.2, -0.15) is 8.78 Å². The van der Waals surface area contributed by atoms with E-state index in [0.717, 1.165) is 23.4 Å². The summed E-state index contributed by atoms with van der Waals surface area (Å²) in [6.45, 7) is 0.348. The first-order chi connectivity index (χ1) is 17.2. The maximum atomic E-state index is 13.3. The Bertz CT molecular complexity index is 1200. The lowest BCUT2D eigenvalue weighted by Crippen LogP contribution is -2.29. The van der Waals surface area contributed by atoms with Crippen molar-refractivity contribution in [1.82, 2.24) is 14.9 Å². The van der Waals surface area contributed by atoms with Gasteiger partial charge in [0, 0.05) is 56.3 Å². The van der Waals surface area contributed by atoms with Gasteiger partial charge in [0.1, 0.15) is 0 Å². The Morgan fingerprint density at radius 3 is 2.53 bits per heavy atom. The first-order valence-corrected chi connectivity index (χ1v) is 11.5. The molecule has 1 aromatic heterocycles. The zero-order valence-corrected chi connectivity index (χ0v) is 21.2. The molecular formula is C26H33F2N7O. The van der Waals surface area contributed by atoms with Crippen molar-refractivity contribution in [2.24, 2.45) is 0 Å². The van der Waals surface area contributed by atoms with Gasteiger partial charge < -0.3 is 30.9 Å². The summed E-state index contributed by atoms with van der Waals surface area (Å²) in [7, 11) is 7.62. The van der Waals surface area contributed by atoms with Crippen LogP contribution in [0, 0.1) is 0 Å². The predicted octanol–water partition coefficient (Wildman–Crippen LogP) is 4.89. The minimum Gasteiger partial charge on any atom is -0.433 e. The van der Waals surface area contributed by atoms with Crippen LogP contribution in [-0.2, 0) is 0 Å². The minimum absolute atomic E-state index is 0.0494. The quantitative estimate of drug-likeness (QED) is 0.323. The molecule has 3 aromatic rings. The summed E-state index contributed by atoms with van der Waals surface area (Å²) in [5.41, 5.74) is 11.0. The second-order valence-corrected chi connectivity index (χ2v) is 8.40. The van der Waals surface area contributed by atoms with Crippen LogP contribution in [-0.4, -0.2) is 62.8 Å². The number of halogens is 2. The van der Waals surface area contributed by atoms with Gasteiger partial charge in [-0.25, -0.2) is 9.97 Å². The topological polar surface area (TPSA) is 91.6 Å². The Kier molecular flexibility index (Phi) is 9.02. The van der Waals surface area contributed by atoms with Gasteiger partial charge in [-0.15, -0.1) is 0 Å². The van der Waals surface area contributed by atoms with Crippen molar-refractivity contribution in [2.75, 3.05) is 62.5 Å². The van der Waals surface area contributed by atoms with Gasteiger partial charge >= 0.3 is 6.61 Å². The van der Waals surface area contributed by atoms with Gasteiger partial charge in [-0.3, -0.25) is 0 Å². The molecule has 0 bridgehead atoms. The Morgan fingerprint density at radius 1 is 1.11 bits per heavy atom. The largest absolute Gasteiger partial charge is 0.433 e. The lowest BCUT2D eigenvalue weighted by molar-refractivity contribution is -0.0493. The molecule has 0 saturated carbocycles. The first kappa shape index (κ1) is 26.7. The molecule has 3 rings (SSSR count). The summed E-state index contributed by atoms with van der Waals surface area (Å²) in [6.07, 6.45) is 3.57. The molecule has 0 fully saturated rings.